The average molecular weight is 380 g/mol. The van der Waals surface area contributed by atoms with E-state index < -0.39 is 0 Å². The third kappa shape index (κ3) is 4.35. The van der Waals surface area contributed by atoms with Crippen LogP contribution in [0.25, 0.3) is 0 Å². The molecule has 7 nitrogen and oxygen atoms in total. The lowest BCUT2D eigenvalue weighted by Gasteiger charge is -2.19. The van der Waals surface area contributed by atoms with Crippen LogP contribution in [0.3, 0.4) is 0 Å². The van der Waals surface area contributed by atoms with Crippen LogP contribution in [-0.4, -0.2) is 44.2 Å². The van der Waals surface area contributed by atoms with Crippen molar-refractivity contribution in [2.24, 2.45) is 0 Å². The highest BCUT2D eigenvalue weighted by atomic mass is 16.5. The van der Waals surface area contributed by atoms with E-state index in [0.29, 0.717) is 17.1 Å². The number of para-hydroxylation sites is 1. The van der Waals surface area contributed by atoms with Crippen LogP contribution in [-0.2, 0) is 6.54 Å². The zero-order valence-corrected chi connectivity index (χ0v) is 16.1. The number of benzene rings is 2. The number of nitrogens with zero attached hydrogens (tertiary/aromatic N) is 2. The predicted molar refractivity (Wildman–Crippen MR) is 106 cm³/mol. The van der Waals surface area contributed by atoms with Crippen molar-refractivity contribution in [3.8, 4) is 17.7 Å². The first-order valence-electron chi connectivity index (χ1n) is 9.15. The smallest absolute Gasteiger partial charge is 0.269 e. The first kappa shape index (κ1) is 19.5. The lowest BCUT2D eigenvalue weighted by atomic mass is 10.1. The molecule has 1 saturated heterocycles. The number of rotatable bonds is 7. The molecule has 0 radical (unpaired) electrons. The first-order valence-corrected chi connectivity index (χ1v) is 9.15. The molecule has 0 aromatic heterocycles. The number of anilines is 1. The molecular formula is C21H24N4O3. The Morgan fingerprint density at radius 1 is 1.25 bits per heavy atom. The highest BCUT2D eigenvalue weighted by Crippen LogP contribution is 2.28. The van der Waals surface area contributed by atoms with Gasteiger partial charge in [-0.2, -0.15) is 5.26 Å². The largest absolute Gasteiger partial charge is 0.493 e. The molecule has 1 aliphatic heterocycles. The van der Waals surface area contributed by atoms with Crippen molar-refractivity contribution in [2.75, 3.05) is 32.6 Å². The minimum atomic E-state index is -0.341. The van der Waals surface area contributed by atoms with E-state index in [1.165, 1.54) is 0 Å². The minimum absolute atomic E-state index is 0.148. The zero-order chi connectivity index (χ0) is 19.9. The third-order valence-corrected chi connectivity index (χ3v) is 4.73. The summed E-state index contributed by atoms with van der Waals surface area (Å²) in [5, 5.41) is 16.3. The summed E-state index contributed by atoms with van der Waals surface area (Å²) in [5.74, 6) is 0.813. The Bertz CT molecular complexity index is 872. The molecule has 2 N–H and O–H groups in total. The maximum Gasteiger partial charge on any atom is 0.269 e. The maximum absolute atomic E-state index is 13.0. The molecule has 146 valence electrons. The van der Waals surface area contributed by atoms with E-state index >= 15 is 0 Å². The molecule has 3 rings (SSSR count). The van der Waals surface area contributed by atoms with Gasteiger partial charge in [-0.1, -0.05) is 18.2 Å². The van der Waals surface area contributed by atoms with E-state index in [4.69, 9.17) is 9.47 Å². The number of ether oxygens (including phenoxy) is 2. The molecule has 0 saturated carbocycles. The minimum Gasteiger partial charge on any atom is -0.493 e. The number of amides is 1. The van der Waals surface area contributed by atoms with Gasteiger partial charge >= 0.3 is 0 Å². The van der Waals surface area contributed by atoms with Gasteiger partial charge in [-0.15, -0.1) is 0 Å². The van der Waals surface area contributed by atoms with Crippen molar-refractivity contribution in [2.45, 2.75) is 19.0 Å². The predicted octanol–water partition coefficient (Wildman–Crippen LogP) is 2.60. The Kier molecular flexibility index (Phi) is 6.35. The standard InChI is InChI=1S/C21H24N4O3/c1-27-19-8-7-15(11-20(19)28-2)13-25(14-22)21(26)17-5-3-4-6-18(17)24-16-9-10-23-12-16/h3-8,11,16,23-24H,9-10,12-13H2,1-2H3/t16-/m0/s1. The van der Waals surface area contributed by atoms with Crippen molar-refractivity contribution in [1.29, 1.82) is 5.26 Å². The fourth-order valence-corrected chi connectivity index (χ4v) is 3.25. The Morgan fingerprint density at radius 3 is 2.71 bits per heavy atom. The molecule has 0 unspecified atom stereocenters. The van der Waals surface area contributed by atoms with Crippen LogP contribution in [0.5, 0.6) is 11.5 Å². The summed E-state index contributed by atoms with van der Waals surface area (Å²) in [7, 11) is 3.11. The van der Waals surface area contributed by atoms with E-state index in [1.807, 2.05) is 24.4 Å². The van der Waals surface area contributed by atoms with Gasteiger partial charge in [-0.25, -0.2) is 4.90 Å². The number of hydrogen-bond donors (Lipinski definition) is 2. The number of methoxy groups -OCH3 is 2. The number of hydrogen-bond acceptors (Lipinski definition) is 6. The summed E-state index contributed by atoms with van der Waals surface area (Å²) in [5.41, 5.74) is 2.00. The molecule has 1 fully saturated rings. The van der Waals surface area contributed by atoms with E-state index in [0.717, 1.165) is 35.7 Å². The monoisotopic (exact) mass is 380 g/mol. The molecular weight excluding hydrogens is 356 g/mol. The fourth-order valence-electron chi connectivity index (χ4n) is 3.25. The summed E-state index contributed by atoms with van der Waals surface area (Å²) in [6.07, 6.45) is 3.00. The number of nitriles is 1. The molecule has 2 aromatic rings. The van der Waals surface area contributed by atoms with E-state index in [-0.39, 0.29) is 18.5 Å². The van der Waals surface area contributed by atoms with Crippen molar-refractivity contribution >= 4 is 11.6 Å². The number of carbonyl (C=O) groups excluding carboxylic acids is 1. The van der Waals surface area contributed by atoms with Crippen LogP contribution in [0.2, 0.25) is 0 Å². The molecule has 0 bridgehead atoms. The Hall–Kier alpha value is -3.24. The highest BCUT2D eigenvalue weighted by Gasteiger charge is 2.22. The molecule has 1 aliphatic rings. The second-order valence-electron chi connectivity index (χ2n) is 6.56. The Balaban J connectivity index is 1.80. The van der Waals surface area contributed by atoms with Crippen molar-refractivity contribution in [3.05, 3.63) is 53.6 Å². The van der Waals surface area contributed by atoms with Crippen LogP contribution in [0.15, 0.2) is 42.5 Å². The topological polar surface area (TPSA) is 86.6 Å². The van der Waals surface area contributed by atoms with Gasteiger partial charge in [-0.3, -0.25) is 4.79 Å². The fraction of sp³-hybridized carbons (Fsp3) is 0.333. The molecule has 28 heavy (non-hydrogen) atoms. The molecule has 2 aromatic carbocycles. The van der Waals surface area contributed by atoms with E-state index in [9.17, 15) is 10.1 Å². The molecule has 7 heteroatoms. The lowest BCUT2D eigenvalue weighted by molar-refractivity contribution is 0.0825. The third-order valence-electron chi connectivity index (χ3n) is 4.73. The SMILES string of the molecule is COc1ccc(CN(C#N)C(=O)c2ccccc2N[C@H]2CCNC2)cc1OC. The molecule has 1 atom stereocenters. The normalized spacial score (nSPS) is 15.5. The van der Waals surface area contributed by atoms with Gasteiger partial charge < -0.3 is 20.1 Å². The highest BCUT2D eigenvalue weighted by molar-refractivity contribution is 6.00. The van der Waals surface area contributed by atoms with Crippen molar-refractivity contribution < 1.29 is 14.3 Å². The number of carbonyl (C=O) groups is 1. The number of nitrogens with one attached hydrogen (secondary N) is 2. The van der Waals surface area contributed by atoms with E-state index in [1.54, 1.807) is 38.5 Å². The summed E-state index contributed by atoms with van der Waals surface area (Å²) in [4.78, 5) is 14.2. The van der Waals surface area contributed by atoms with Gasteiger partial charge in [0.05, 0.1) is 26.3 Å². The van der Waals surface area contributed by atoms with Gasteiger partial charge in [0, 0.05) is 18.3 Å². The van der Waals surface area contributed by atoms with Gasteiger partial charge in [0.15, 0.2) is 17.7 Å². The van der Waals surface area contributed by atoms with Crippen LogP contribution < -0.4 is 20.1 Å². The van der Waals surface area contributed by atoms with Crippen LogP contribution >= 0.6 is 0 Å². The molecule has 0 spiro atoms. The Labute approximate surface area is 164 Å². The Morgan fingerprint density at radius 2 is 2.04 bits per heavy atom. The lowest BCUT2D eigenvalue weighted by Crippen LogP contribution is -2.28. The first-order chi connectivity index (χ1) is 13.7. The van der Waals surface area contributed by atoms with E-state index in [2.05, 4.69) is 10.6 Å². The van der Waals surface area contributed by atoms with Gasteiger partial charge in [0.2, 0.25) is 0 Å². The van der Waals surface area contributed by atoms with Gasteiger partial charge in [-0.05, 0) is 42.8 Å². The quantitative estimate of drug-likeness (QED) is 0.567. The zero-order valence-electron chi connectivity index (χ0n) is 16.1. The average Bonchev–Trinajstić information content (AvgIpc) is 3.24. The molecule has 1 amide bonds. The molecule has 0 aliphatic carbocycles. The van der Waals surface area contributed by atoms with Crippen molar-refractivity contribution in [3.63, 3.8) is 0 Å². The van der Waals surface area contributed by atoms with Crippen LogP contribution in [0.4, 0.5) is 5.69 Å². The van der Waals surface area contributed by atoms with Crippen molar-refractivity contribution in [1.82, 2.24) is 10.2 Å². The summed E-state index contributed by atoms with van der Waals surface area (Å²) < 4.78 is 10.5. The molecule has 1 heterocycles. The summed E-state index contributed by atoms with van der Waals surface area (Å²) in [6, 6.07) is 12.9. The van der Waals surface area contributed by atoms with Crippen LogP contribution in [0, 0.1) is 11.5 Å². The summed E-state index contributed by atoms with van der Waals surface area (Å²) >= 11 is 0. The van der Waals surface area contributed by atoms with Gasteiger partial charge in [0.25, 0.3) is 5.91 Å². The van der Waals surface area contributed by atoms with Gasteiger partial charge in [0.1, 0.15) is 0 Å². The maximum atomic E-state index is 13.0. The summed E-state index contributed by atoms with van der Waals surface area (Å²) in [6.45, 7) is 1.96. The van der Waals surface area contributed by atoms with Crippen LogP contribution in [0.1, 0.15) is 22.3 Å². The second kappa shape index (κ2) is 9.11. The second-order valence-corrected chi connectivity index (χ2v) is 6.56.